The molecular formula is C25H31N3O3. The molecule has 2 heterocycles. The van der Waals surface area contributed by atoms with Crippen molar-refractivity contribution in [2.75, 3.05) is 32.7 Å². The second-order valence-electron chi connectivity index (χ2n) is 8.56. The van der Waals surface area contributed by atoms with Crippen LogP contribution in [0.1, 0.15) is 30.4 Å². The number of likely N-dealkylation sites (tertiary alicyclic amines) is 1. The zero-order chi connectivity index (χ0) is 21.5. The van der Waals surface area contributed by atoms with Crippen molar-refractivity contribution in [3.05, 3.63) is 71.8 Å². The van der Waals surface area contributed by atoms with Gasteiger partial charge in [0.15, 0.2) is 0 Å². The summed E-state index contributed by atoms with van der Waals surface area (Å²) >= 11 is 0. The van der Waals surface area contributed by atoms with E-state index in [0.29, 0.717) is 38.7 Å². The van der Waals surface area contributed by atoms with Gasteiger partial charge in [0.1, 0.15) is 6.61 Å². The van der Waals surface area contributed by atoms with E-state index < -0.39 is 5.41 Å². The van der Waals surface area contributed by atoms with E-state index in [9.17, 15) is 9.59 Å². The molecule has 6 nitrogen and oxygen atoms in total. The van der Waals surface area contributed by atoms with Gasteiger partial charge in [-0.05, 0) is 42.9 Å². The number of hydrogen-bond donors (Lipinski definition) is 2. The van der Waals surface area contributed by atoms with E-state index >= 15 is 0 Å². The van der Waals surface area contributed by atoms with Gasteiger partial charge in [-0.2, -0.15) is 0 Å². The number of nitrogens with one attached hydrogen (secondary N) is 2. The number of amides is 2. The number of hydrogen-bond acceptors (Lipinski definition) is 4. The van der Waals surface area contributed by atoms with Crippen LogP contribution < -0.4 is 10.6 Å². The van der Waals surface area contributed by atoms with Crippen molar-refractivity contribution >= 4 is 12.0 Å². The van der Waals surface area contributed by atoms with Gasteiger partial charge in [-0.15, -0.1) is 0 Å². The van der Waals surface area contributed by atoms with Crippen LogP contribution in [0.4, 0.5) is 4.79 Å². The molecule has 0 radical (unpaired) electrons. The van der Waals surface area contributed by atoms with Crippen molar-refractivity contribution in [3.8, 4) is 0 Å². The Labute approximate surface area is 184 Å². The Bertz CT molecular complexity index is 858. The van der Waals surface area contributed by atoms with Gasteiger partial charge in [0.05, 0.1) is 5.41 Å². The minimum absolute atomic E-state index is 0.105. The molecule has 0 saturated carbocycles. The van der Waals surface area contributed by atoms with Crippen LogP contribution in [0.2, 0.25) is 0 Å². The van der Waals surface area contributed by atoms with Crippen molar-refractivity contribution in [3.63, 3.8) is 0 Å². The molecule has 2 aliphatic heterocycles. The fourth-order valence-electron chi connectivity index (χ4n) is 4.56. The molecule has 0 aromatic heterocycles. The largest absolute Gasteiger partial charge is 0.445 e. The highest BCUT2D eigenvalue weighted by atomic mass is 16.6. The maximum absolute atomic E-state index is 13.2. The Morgan fingerprint density at radius 1 is 1.03 bits per heavy atom. The maximum atomic E-state index is 13.2. The van der Waals surface area contributed by atoms with Gasteiger partial charge >= 0.3 is 6.09 Å². The molecule has 0 aliphatic carbocycles. The molecule has 2 aliphatic rings. The zero-order valence-corrected chi connectivity index (χ0v) is 17.9. The SMILES string of the molecule is O=C(OCc1ccccc1)N1CCC(CNC(=O)C2(c3ccccc3)CCNC2)CC1. The average Bonchev–Trinajstić information content (AvgIpc) is 3.34. The third-order valence-electron chi connectivity index (χ3n) is 6.55. The van der Waals surface area contributed by atoms with E-state index in [1.165, 1.54) is 0 Å². The predicted octanol–water partition coefficient (Wildman–Crippen LogP) is 3.08. The van der Waals surface area contributed by atoms with Gasteiger partial charge in [-0.25, -0.2) is 4.79 Å². The van der Waals surface area contributed by atoms with Gasteiger partial charge in [-0.3, -0.25) is 4.79 Å². The molecule has 2 aromatic rings. The quantitative estimate of drug-likeness (QED) is 0.752. The molecule has 164 valence electrons. The Balaban J connectivity index is 1.23. The smallest absolute Gasteiger partial charge is 0.410 e. The number of nitrogens with zero attached hydrogens (tertiary/aromatic N) is 1. The van der Waals surface area contributed by atoms with Gasteiger partial charge in [0.25, 0.3) is 0 Å². The van der Waals surface area contributed by atoms with E-state index in [2.05, 4.69) is 10.6 Å². The number of benzene rings is 2. The molecule has 0 spiro atoms. The summed E-state index contributed by atoms with van der Waals surface area (Å²) in [5, 5.41) is 6.56. The van der Waals surface area contributed by atoms with E-state index in [1.807, 2.05) is 60.7 Å². The molecule has 1 atom stereocenters. The van der Waals surface area contributed by atoms with Gasteiger partial charge < -0.3 is 20.3 Å². The Hall–Kier alpha value is -2.86. The second kappa shape index (κ2) is 9.96. The van der Waals surface area contributed by atoms with Crippen molar-refractivity contribution in [1.82, 2.24) is 15.5 Å². The Morgan fingerprint density at radius 2 is 1.71 bits per heavy atom. The Morgan fingerprint density at radius 3 is 2.35 bits per heavy atom. The molecule has 1 unspecified atom stereocenters. The van der Waals surface area contributed by atoms with Crippen LogP contribution in [-0.2, 0) is 21.6 Å². The normalized spacial score (nSPS) is 21.6. The number of rotatable bonds is 6. The summed E-state index contributed by atoms with van der Waals surface area (Å²) in [5.41, 5.74) is 1.58. The van der Waals surface area contributed by atoms with E-state index in [1.54, 1.807) is 4.90 Å². The monoisotopic (exact) mass is 421 g/mol. The highest BCUT2D eigenvalue weighted by Crippen LogP contribution is 2.31. The van der Waals surface area contributed by atoms with Crippen LogP contribution >= 0.6 is 0 Å². The highest BCUT2D eigenvalue weighted by Gasteiger charge is 2.42. The zero-order valence-electron chi connectivity index (χ0n) is 17.9. The summed E-state index contributed by atoms with van der Waals surface area (Å²) in [7, 11) is 0. The first-order valence-electron chi connectivity index (χ1n) is 11.2. The molecular weight excluding hydrogens is 390 g/mol. The third kappa shape index (κ3) is 5.07. The van der Waals surface area contributed by atoms with E-state index in [0.717, 1.165) is 36.9 Å². The molecule has 2 aromatic carbocycles. The number of ether oxygens (including phenoxy) is 1. The van der Waals surface area contributed by atoms with Crippen LogP contribution in [-0.4, -0.2) is 49.6 Å². The second-order valence-corrected chi connectivity index (χ2v) is 8.56. The summed E-state index contributed by atoms with van der Waals surface area (Å²) < 4.78 is 5.44. The Kier molecular flexibility index (Phi) is 6.87. The standard InChI is InChI=1S/C25H31N3O3/c29-23(25(13-14-26-19-25)22-9-5-2-6-10-22)27-17-20-11-15-28(16-12-20)24(30)31-18-21-7-3-1-4-8-21/h1-10,20,26H,11-19H2,(H,27,29). The predicted molar refractivity (Wildman–Crippen MR) is 120 cm³/mol. The topological polar surface area (TPSA) is 70.7 Å². The first-order valence-corrected chi connectivity index (χ1v) is 11.2. The minimum Gasteiger partial charge on any atom is -0.445 e. The lowest BCUT2D eigenvalue weighted by molar-refractivity contribution is -0.126. The van der Waals surface area contributed by atoms with Crippen molar-refractivity contribution in [2.24, 2.45) is 5.92 Å². The molecule has 0 bridgehead atoms. The first kappa shape index (κ1) is 21.4. The fourth-order valence-corrected chi connectivity index (χ4v) is 4.56. The lowest BCUT2D eigenvalue weighted by atomic mass is 9.78. The summed E-state index contributed by atoms with van der Waals surface area (Å²) in [6.07, 6.45) is 2.30. The van der Waals surface area contributed by atoms with Crippen LogP contribution in [0.25, 0.3) is 0 Å². The molecule has 31 heavy (non-hydrogen) atoms. The van der Waals surface area contributed by atoms with Crippen LogP contribution in [0.5, 0.6) is 0 Å². The summed E-state index contributed by atoms with van der Waals surface area (Å²) in [6.45, 7) is 3.81. The summed E-state index contributed by atoms with van der Waals surface area (Å²) in [4.78, 5) is 27.3. The molecule has 4 rings (SSSR count). The van der Waals surface area contributed by atoms with E-state index in [-0.39, 0.29) is 12.0 Å². The maximum Gasteiger partial charge on any atom is 0.410 e. The van der Waals surface area contributed by atoms with Crippen LogP contribution in [0.3, 0.4) is 0 Å². The third-order valence-corrected chi connectivity index (χ3v) is 6.55. The average molecular weight is 422 g/mol. The number of carbonyl (C=O) groups is 2. The fraction of sp³-hybridized carbons (Fsp3) is 0.440. The van der Waals surface area contributed by atoms with Crippen LogP contribution in [0, 0.1) is 5.92 Å². The van der Waals surface area contributed by atoms with Crippen LogP contribution in [0.15, 0.2) is 60.7 Å². The molecule has 6 heteroatoms. The number of carbonyl (C=O) groups excluding carboxylic acids is 2. The first-order chi connectivity index (χ1) is 15.2. The van der Waals surface area contributed by atoms with Gasteiger partial charge in [0.2, 0.25) is 5.91 Å². The molecule has 2 amide bonds. The van der Waals surface area contributed by atoms with Gasteiger partial charge in [0, 0.05) is 26.2 Å². The van der Waals surface area contributed by atoms with E-state index in [4.69, 9.17) is 4.74 Å². The number of piperidine rings is 1. The molecule has 2 fully saturated rings. The highest BCUT2D eigenvalue weighted by molar-refractivity contribution is 5.89. The molecule has 2 saturated heterocycles. The summed E-state index contributed by atoms with van der Waals surface area (Å²) in [5.74, 6) is 0.484. The lowest BCUT2D eigenvalue weighted by Gasteiger charge is -2.33. The summed E-state index contributed by atoms with van der Waals surface area (Å²) in [6, 6.07) is 19.8. The minimum atomic E-state index is -0.483. The van der Waals surface area contributed by atoms with Crippen molar-refractivity contribution in [1.29, 1.82) is 0 Å². The van der Waals surface area contributed by atoms with Gasteiger partial charge in [-0.1, -0.05) is 60.7 Å². The van der Waals surface area contributed by atoms with Crippen molar-refractivity contribution in [2.45, 2.75) is 31.3 Å². The van der Waals surface area contributed by atoms with Crippen molar-refractivity contribution < 1.29 is 14.3 Å². The lowest BCUT2D eigenvalue weighted by Crippen LogP contribution is -2.48. The molecule has 2 N–H and O–H groups in total.